The first-order valence-corrected chi connectivity index (χ1v) is 7.36. The minimum atomic E-state index is -0.472. The van der Waals surface area contributed by atoms with Crippen LogP contribution in [-0.4, -0.2) is 21.9 Å². The van der Waals surface area contributed by atoms with Crippen LogP contribution in [0.4, 0.5) is 17.5 Å². The molecule has 2 rings (SSSR count). The van der Waals surface area contributed by atoms with Gasteiger partial charge in [0.15, 0.2) is 0 Å². The van der Waals surface area contributed by atoms with E-state index in [1.54, 1.807) is 25.3 Å². The molecule has 0 saturated heterocycles. The van der Waals surface area contributed by atoms with Gasteiger partial charge in [-0.3, -0.25) is 10.1 Å². The highest BCUT2D eigenvalue weighted by Gasteiger charge is 2.21. The fourth-order valence-corrected chi connectivity index (χ4v) is 3.07. The number of halogens is 1. The summed E-state index contributed by atoms with van der Waals surface area (Å²) in [5.41, 5.74) is 0.221. The molecule has 2 N–H and O–H groups in total. The Kier molecular flexibility index (Phi) is 4.50. The lowest BCUT2D eigenvalue weighted by Crippen LogP contribution is -2.09. The molecule has 2 aromatic heterocycles. The average molecular weight is 358 g/mol. The Morgan fingerprint density at radius 2 is 2.25 bits per heavy atom. The number of rotatable bonds is 5. The number of hydrogen-bond donors (Lipinski definition) is 2. The van der Waals surface area contributed by atoms with Crippen LogP contribution in [0.3, 0.4) is 0 Å². The van der Waals surface area contributed by atoms with Crippen LogP contribution in [0, 0.1) is 17.0 Å². The Labute approximate surface area is 127 Å². The van der Waals surface area contributed by atoms with Gasteiger partial charge in [-0.1, -0.05) is 0 Å². The number of nitrogens with one attached hydrogen (secondary N) is 2. The molecule has 2 heterocycles. The number of aromatic nitrogens is 2. The van der Waals surface area contributed by atoms with Crippen LogP contribution in [0.15, 0.2) is 15.9 Å². The van der Waals surface area contributed by atoms with Gasteiger partial charge in [-0.05, 0) is 34.3 Å². The van der Waals surface area contributed by atoms with Crippen molar-refractivity contribution in [2.45, 2.75) is 13.5 Å². The van der Waals surface area contributed by atoms with Crippen LogP contribution in [-0.2, 0) is 6.54 Å². The van der Waals surface area contributed by atoms with Gasteiger partial charge in [0.2, 0.25) is 11.8 Å². The third-order valence-electron chi connectivity index (χ3n) is 2.57. The van der Waals surface area contributed by atoms with Crippen LogP contribution in [0.25, 0.3) is 0 Å². The van der Waals surface area contributed by atoms with Crippen molar-refractivity contribution in [3.8, 4) is 0 Å². The van der Waals surface area contributed by atoms with Crippen LogP contribution in [0.1, 0.15) is 10.6 Å². The second kappa shape index (κ2) is 6.14. The minimum absolute atomic E-state index is 0.100. The van der Waals surface area contributed by atoms with Crippen LogP contribution >= 0.6 is 27.3 Å². The molecule has 7 nitrogen and oxygen atoms in total. The molecule has 106 valence electrons. The van der Waals surface area contributed by atoms with Crippen molar-refractivity contribution >= 4 is 44.7 Å². The lowest BCUT2D eigenvalue weighted by atomic mass is 10.3. The molecule has 0 spiro atoms. The summed E-state index contributed by atoms with van der Waals surface area (Å²) in [6.07, 6.45) is 0. The largest absolute Gasteiger partial charge is 0.359 e. The zero-order chi connectivity index (χ0) is 14.7. The van der Waals surface area contributed by atoms with E-state index in [9.17, 15) is 10.1 Å². The second-order valence-electron chi connectivity index (χ2n) is 3.88. The molecule has 0 unspecified atom stereocenters. The van der Waals surface area contributed by atoms with Crippen molar-refractivity contribution in [3.05, 3.63) is 36.6 Å². The Bertz CT molecular complexity index is 646. The summed E-state index contributed by atoms with van der Waals surface area (Å²) < 4.78 is 0.970. The third-order valence-corrected chi connectivity index (χ3v) is 4.50. The summed E-state index contributed by atoms with van der Waals surface area (Å²) >= 11 is 4.98. The van der Waals surface area contributed by atoms with E-state index in [0.29, 0.717) is 18.2 Å². The maximum atomic E-state index is 11.1. The molecule has 0 bridgehead atoms. The Balaban J connectivity index is 2.31. The molecule has 0 saturated carbocycles. The van der Waals surface area contributed by atoms with Crippen LogP contribution in [0.2, 0.25) is 0 Å². The first-order chi connectivity index (χ1) is 9.52. The summed E-state index contributed by atoms with van der Waals surface area (Å²) in [7, 11) is 1.67. The van der Waals surface area contributed by atoms with E-state index in [1.165, 1.54) is 0 Å². The van der Waals surface area contributed by atoms with Gasteiger partial charge >= 0.3 is 5.69 Å². The fraction of sp³-hybridized carbons (Fsp3) is 0.273. The molecule has 2 aromatic rings. The third kappa shape index (κ3) is 3.05. The van der Waals surface area contributed by atoms with Gasteiger partial charge in [-0.25, -0.2) is 4.98 Å². The van der Waals surface area contributed by atoms with Crippen LogP contribution in [0.5, 0.6) is 0 Å². The first-order valence-electron chi connectivity index (χ1n) is 5.69. The van der Waals surface area contributed by atoms with Gasteiger partial charge < -0.3 is 10.6 Å². The van der Waals surface area contributed by atoms with Crippen LogP contribution < -0.4 is 10.6 Å². The number of nitro groups is 1. The van der Waals surface area contributed by atoms with E-state index in [4.69, 9.17) is 0 Å². The molecule has 0 aliphatic heterocycles. The number of anilines is 2. The molecule has 0 aromatic carbocycles. The Hall–Kier alpha value is -1.74. The van der Waals surface area contributed by atoms with Gasteiger partial charge in [0.1, 0.15) is 5.69 Å². The zero-order valence-corrected chi connectivity index (χ0v) is 13.2. The normalized spacial score (nSPS) is 10.3. The highest BCUT2D eigenvalue weighted by atomic mass is 79.9. The fourth-order valence-electron chi connectivity index (χ4n) is 1.64. The molecule has 0 aliphatic rings. The number of thiophene rings is 1. The van der Waals surface area contributed by atoms with Gasteiger partial charge in [0, 0.05) is 16.4 Å². The Morgan fingerprint density at radius 1 is 1.50 bits per heavy atom. The van der Waals surface area contributed by atoms with Crippen molar-refractivity contribution in [2.75, 3.05) is 17.7 Å². The standard InChI is InChI=1S/C11H12BrN5O2S/c1-6-9(17(18)19)10(16-11(13-2)15-6)14-5-8-7(12)3-4-20-8/h3-4H,5H2,1-2H3,(H2,13,14,15,16). The number of hydrogen-bond acceptors (Lipinski definition) is 7. The Morgan fingerprint density at radius 3 is 2.80 bits per heavy atom. The summed E-state index contributed by atoms with van der Waals surface area (Å²) in [5.74, 6) is 0.563. The molecule has 9 heteroatoms. The van der Waals surface area contributed by atoms with E-state index in [1.807, 2.05) is 11.4 Å². The predicted octanol–water partition coefficient (Wildman–Crippen LogP) is 3.17. The van der Waals surface area contributed by atoms with E-state index in [2.05, 4.69) is 36.5 Å². The van der Waals surface area contributed by atoms with E-state index < -0.39 is 4.92 Å². The maximum absolute atomic E-state index is 11.1. The monoisotopic (exact) mass is 357 g/mol. The highest BCUT2D eigenvalue weighted by molar-refractivity contribution is 9.10. The number of nitrogens with zero attached hydrogens (tertiary/aromatic N) is 3. The van der Waals surface area contributed by atoms with E-state index in [-0.39, 0.29) is 11.5 Å². The minimum Gasteiger partial charge on any atom is -0.359 e. The summed E-state index contributed by atoms with van der Waals surface area (Å²) in [4.78, 5) is 19.8. The van der Waals surface area contributed by atoms with Crippen molar-refractivity contribution in [3.63, 3.8) is 0 Å². The topological polar surface area (TPSA) is 93.0 Å². The predicted molar refractivity (Wildman–Crippen MR) is 82.3 cm³/mol. The van der Waals surface area contributed by atoms with Crippen molar-refractivity contribution in [1.29, 1.82) is 0 Å². The molecule has 20 heavy (non-hydrogen) atoms. The lowest BCUT2D eigenvalue weighted by Gasteiger charge is -2.09. The lowest BCUT2D eigenvalue weighted by molar-refractivity contribution is -0.385. The molecule has 0 amide bonds. The highest BCUT2D eigenvalue weighted by Crippen LogP contribution is 2.29. The summed E-state index contributed by atoms with van der Waals surface area (Å²) in [6, 6.07) is 1.93. The van der Waals surface area contributed by atoms with Crippen molar-refractivity contribution in [2.24, 2.45) is 0 Å². The van der Waals surface area contributed by atoms with Gasteiger partial charge in [-0.15, -0.1) is 11.3 Å². The van der Waals surface area contributed by atoms with Gasteiger partial charge in [-0.2, -0.15) is 4.98 Å². The van der Waals surface area contributed by atoms with E-state index in [0.717, 1.165) is 9.35 Å². The maximum Gasteiger partial charge on any atom is 0.332 e. The SMILES string of the molecule is CNc1nc(C)c([N+](=O)[O-])c(NCc2sccc2Br)n1. The van der Waals surface area contributed by atoms with Gasteiger partial charge in [0.05, 0.1) is 11.5 Å². The van der Waals surface area contributed by atoms with E-state index >= 15 is 0 Å². The quantitative estimate of drug-likeness (QED) is 0.630. The number of aryl methyl sites for hydroxylation is 1. The molecule has 0 radical (unpaired) electrons. The molecular weight excluding hydrogens is 346 g/mol. The zero-order valence-electron chi connectivity index (χ0n) is 10.8. The summed E-state index contributed by atoms with van der Waals surface area (Å²) in [6.45, 7) is 2.05. The second-order valence-corrected chi connectivity index (χ2v) is 5.74. The van der Waals surface area contributed by atoms with Crippen molar-refractivity contribution in [1.82, 2.24) is 9.97 Å². The average Bonchev–Trinajstić information content (AvgIpc) is 2.80. The molecule has 0 atom stereocenters. The first kappa shape index (κ1) is 14.7. The smallest absolute Gasteiger partial charge is 0.332 e. The summed E-state index contributed by atoms with van der Waals surface area (Å²) in [5, 5.41) is 18.9. The molecule has 0 fully saturated rings. The van der Waals surface area contributed by atoms with Gasteiger partial charge in [0.25, 0.3) is 0 Å². The molecule has 0 aliphatic carbocycles. The van der Waals surface area contributed by atoms with Crippen molar-refractivity contribution < 1.29 is 4.92 Å². The molecular formula is C11H12BrN5O2S.